The maximum absolute atomic E-state index is 13.3. The van der Waals surface area contributed by atoms with Gasteiger partial charge >= 0.3 is 0 Å². The van der Waals surface area contributed by atoms with Crippen LogP contribution in [0.3, 0.4) is 0 Å². The highest BCUT2D eigenvalue weighted by Crippen LogP contribution is 2.18. The third-order valence-electron chi connectivity index (χ3n) is 2.34. The molecular formula is C12H15BrFNO. The van der Waals surface area contributed by atoms with Gasteiger partial charge in [-0.1, -0.05) is 22.4 Å². The van der Waals surface area contributed by atoms with Crippen molar-refractivity contribution < 1.29 is 9.18 Å². The number of hydrogen-bond donors (Lipinski definition) is 1. The zero-order chi connectivity index (χ0) is 12.0. The van der Waals surface area contributed by atoms with E-state index in [0.717, 1.165) is 23.7 Å². The molecule has 2 nitrogen and oxygen atoms in total. The van der Waals surface area contributed by atoms with Crippen molar-refractivity contribution in [3.05, 3.63) is 34.1 Å². The number of benzene rings is 1. The molecule has 16 heavy (non-hydrogen) atoms. The van der Waals surface area contributed by atoms with Crippen LogP contribution in [-0.2, 0) is 0 Å². The summed E-state index contributed by atoms with van der Waals surface area (Å²) in [6, 6.07) is 4.42. The number of nitrogens with two attached hydrogens (primary N) is 1. The van der Waals surface area contributed by atoms with E-state index in [2.05, 4.69) is 15.9 Å². The van der Waals surface area contributed by atoms with Gasteiger partial charge in [0.15, 0.2) is 5.78 Å². The van der Waals surface area contributed by atoms with Gasteiger partial charge < -0.3 is 5.73 Å². The molecule has 0 aliphatic heterocycles. The van der Waals surface area contributed by atoms with E-state index in [-0.39, 0.29) is 11.3 Å². The normalized spacial score (nSPS) is 10.4. The molecule has 1 aromatic carbocycles. The lowest BCUT2D eigenvalue weighted by Gasteiger charge is -2.03. The molecule has 0 aromatic heterocycles. The van der Waals surface area contributed by atoms with E-state index in [9.17, 15) is 9.18 Å². The first kappa shape index (κ1) is 13.3. The maximum Gasteiger partial charge on any atom is 0.165 e. The van der Waals surface area contributed by atoms with Gasteiger partial charge in [0, 0.05) is 10.9 Å². The number of Topliss-reactive ketones (excluding diaryl/α,β-unsaturated/α-hetero) is 1. The minimum atomic E-state index is -0.452. The number of rotatable bonds is 6. The molecule has 0 atom stereocenters. The molecule has 0 radical (unpaired) electrons. The summed E-state index contributed by atoms with van der Waals surface area (Å²) < 4.78 is 14.1. The first-order valence-corrected chi connectivity index (χ1v) is 6.12. The molecule has 0 saturated carbocycles. The standard InChI is InChI=1S/C12H15BrFNO/c13-9-5-6-11(14)10(8-9)12(16)4-2-1-3-7-15/h5-6,8H,1-4,7,15H2. The van der Waals surface area contributed by atoms with Gasteiger partial charge in [0.1, 0.15) is 5.82 Å². The maximum atomic E-state index is 13.3. The van der Waals surface area contributed by atoms with Crippen LogP contribution in [0.1, 0.15) is 36.0 Å². The van der Waals surface area contributed by atoms with Crippen LogP contribution in [0.5, 0.6) is 0 Å². The topological polar surface area (TPSA) is 43.1 Å². The van der Waals surface area contributed by atoms with Gasteiger partial charge in [-0.2, -0.15) is 0 Å². The van der Waals surface area contributed by atoms with Crippen molar-refractivity contribution in [1.82, 2.24) is 0 Å². The van der Waals surface area contributed by atoms with Crippen LogP contribution >= 0.6 is 15.9 Å². The fraction of sp³-hybridized carbons (Fsp3) is 0.417. The monoisotopic (exact) mass is 287 g/mol. The lowest BCUT2D eigenvalue weighted by molar-refractivity contribution is 0.0975. The van der Waals surface area contributed by atoms with Crippen LogP contribution in [0, 0.1) is 5.82 Å². The van der Waals surface area contributed by atoms with Gasteiger partial charge in [0.25, 0.3) is 0 Å². The molecule has 0 spiro atoms. The van der Waals surface area contributed by atoms with Crippen molar-refractivity contribution in [2.24, 2.45) is 5.73 Å². The van der Waals surface area contributed by atoms with Crippen molar-refractivity contribution in [1.29, 1.82) is 0 Å². The van der Waals surface area contributed by atoms with Gasteiger partial charge in [-0.15, -0.1) is 0 Å². The largest absolute Gasteiger partial charge is 0.330 e. The molecule has 1 rings (SSSR count). The first-order chi connectivity index (χ1) is 7.65. The third kappa shape index (κ3) is 4.02. The summed E-state index contributed by atoms with van der Waals surface area (Å²) in [5, 5.41) is 0. The number of hydrogen-bond acceptors (Lipinski definition) is 2. The fourth-order valence-corrected chi connectivity index (χ4v) is 1.81. The van der Waals surface area contributed by atoms with Crippen molar-refractivity contribution in [3.8, 4) is 0 Å². The summed E-state index contributed by atoms with van der Waals surface area (Å²) >= 11 is 3.22. The average Bonchev–Trinajstić information content (AvgIpc) is 2.27. The van der Waals surface area contributed by atoms with Gasteiger partial charge in [0.2, 0.25) is 0 Å². The predicted molar refractivity (Wildman–Crippen MR) is 66.0 cm³/mol. The van der Waals surface area contributed by atoms with E-state index in [1.165, 1.54) is 12.1 Å². The van der Waals surface area contributed by atoms with Crippen LogP contribution in [0.25, 0.3) is 0 Å². The van der Waals surface area contributed by atoms with E-state index < -0.39 is 5.82 Å². The van der Waals surface area contributed by atoms with Gasteiger partial charge in [-0.3, -0.25) is 4.79 Å². The van der Waals surface area contributed by atoms with Gasteiger partial charge in [-0.25, -0.2) is 4.39 Å². The van der Waals surface area contributed by atoms with E-state index in [1.807, 2.05) is 0 Å². The van der Waals surface area contributed by atoms with Crippen LogP contribution in [0.2, 0.25) is 0 Å². The second-order valence-electron chi connectivity index (χ2n) is 3.65. The predicted octanol–water partition coefficient (Wildman–Crippen LogP) is 3.29. The highest BCUT2D eigenvalue weighted by molar-refractivity contribution is 9.10. The Morgan fingerprint density at radius 1 is 1.31 bits per heavy atom. The Hall–Kier alpha value is -0.740. The molecule has 0 bridgehead atoms. The van der Waals surface area contributed by atoms with Crippen molar-refractivity contribution in [2.75, 3.05) is 6.54 Å². The molecule has 0 unspecified atom stereocenters. The van der Waals surface area contributed by atoms with Crippen LogP contribution in [0.15, 0.2) is 22.7 Å². The lowest BCUT2D eigenvalue weighted by atomic mass is 10.0. The fourth-order valence-electron chi connectivity index (χ4n) is 1.45. The van der Waals surface area contributed by atoms with E-state index in [1.54, 1.807) is 6.07 Å². The Labute approximate surface area is 103 Å². The number of carbonyl (C=O) groups excluding carboxylic acids is 1. The summed E-state index contributed by atoms with van der Waals surface area (Å²) in [5.74, 6) is -0.595. The summed E-state index contributed by atoms with van der Waals surface area (Å²) in [5.41, 5.74) is 5.52. The van der Waals surface area contributed by atoms with E-state index in [4.69, 9.17) is 5.73 Å². The number of ketones is 1. The number of unbranched alkanes of at least 4 members (excludes halogenated alkanes) is 2. The van der Waals surface area contributed by atoms with Crippen LogP contribution in [0.4, 0.5) is 4.39 Å². The zero-order valence-electron chi connectivity index (χ0n) is 9.01. The second-order valence-corrected chi connectivity index (χ2v) is 4.56. The summed E-state index contributed by atoms with van der Waals surface area (Å²) in [6.07, 6.45) is 2.97. The summed E-state index contributed by atoms with van der Waals surface area (Å²) in [4.78, 5) is 11.7. The molecule has 0 fully saturated rings. The quantitative estimate of drug-likeness (QED) is 0.644. The van der Waals surface area contributed by atoms with Crippen LogP contribution < -0.4 is 5.73 Å². The highest BCUT2D eigenvalue weighted by Gasteiger charge is 2.11. The van der Waals surface area contributed by atoms with Gasteiger partial charge in [-0.05, 0) is 37.6 Å². The van der Waals surface area contributed by atoms with E-state index in [0.29, 0.717) is 13.0 Å². The Morgan fingerprint density at radius 2 is 2.06 bits per heavy atom. The molecule has 0 saturated heterocycles. The molecule has 2 N–H and O–H groups in total. The SMILES string of the molecule is NCCCCCC(=O)c1cc(Br)ccc1F. The zero-order valence-corrected chi connectivity index (χ0v) is 10.6. The second kappa shape index (κ2) is 6.76. The number of carbonyl (C=O) groups is 1. The molecular weight excluding hydrogens is 273 g/mol. The van der Waals surface area contributed by atoms with Crippen molar-refractivity contribution in [2.45, 2.75) is 25.7 Å². The molecule has 1 aromatic rings. The van der Waals surface area contributed by atoms with Gasteiger partial charge in [0.05, 0.1) is 5.56 Å². The molecule has 88 valence electrons. The molecule has 0 amide bonds. The third-order valence-corrected chi connectivity index (χ3v) is 2.83. The van der Waals surface area contributed by atoms with Crippen molar-refractivity contribution in [3.63, 3.8) is 0 Å². The molecule has 0 heterocycles. The summed E-state index contributed by atoms with van der Waals surface area (Å²) in [7, 11) is 0. The number of halogens is 2. The minimum Gasteiger partial charge on any atom is -0.330 e. The van der Waals surface area contributed by atoms with Crippen LogP contribution in [-0.4, -0.2) is 12.3 Å². The van der Waals surface area contributed by atoms with E-state index >= 15 is 0 Å². The Balaban J connectivity index is 2.55. The minimum absolute atomic E-state index is 0.143. The summed E-state index contributed by atoms with van der Waals surface area (Å²) in [6.45, 7) is 0.638. The molecule has 0 aliphatic carbocycles. The Bertz CT molecular complexity index is 368. The van der Waals surface area contributed by atoms with Crippen molar-refractivity contribution >= 4 is 21.7 Å². The molecule has 0 aliphatic rings. The first-order valence-electron chi connectivity index (χ1n) is 5.33. The smallest absolute Gasteiger partial charge is 0.165 e. The molecule has 4 heteroatoms. The highest BCUT2D eigenvalue weighted by atomic mass is 79.9. The Kier molecular flexibility index (Phi) is 5.63. The lowest BCUT2D eigenvalue weighted by Crippen LogP contribution is -2.03. The Morgan fingerprint density at radius 3 is 2.75 bits per heavy atom. The average molecular weight is 288 g/mol.